The first-order valence-electron chi connectivity index (χ1n) is 23.4. The van der Waals surface area contributed by atoms with Crippen LogP contribution in [0.15, 0.2) is 122 Å². The highest BCUT2D eigenvalue weighted by Gasteiger charge is 2.29. The van der Waals surface area contributed by atoms with E-state index in [2.05, 4.69) is 13.2 Å². The maximum absolute atomic E-state index is 12.5. The lowest BCUT2D eigenvalue weighted by Gasteiger charge is -2.27. The Morgan fingerprint density at radius 3 is 1.32 bits per heavy atom. The summed E-state index contributed by atoms with van der Waals surface area (Å²) in [6.45, 7) is 8.95. The van der Waals surface area contributed by atoms with Crippen LogP contribution >= 0.6 is 0 Å². The number of allylic oxidation sites excluding steroid dienone is 1. The second kappa shape index (κ2) is 28.2. The third-order valence-corrected chi connectivity index (χ3v) is 11.7. The molecule has 14 heteroatoms. The van der Waals surface area contributed by atoms with Crippen LogP contribution in [-0.2, 0) is 51.3 Å². The molecule has 6 rings (SSSR count). The Morgan fingerprint density at radius 2 is 0.928 bits per heavy atom. The van der Waals surface area contributed by atoms with Crippen molar-refractivity contribution in [3.63, 3.8) is 0 Å². The van der Waals surface area contributed by atoms with Gasteiger partial charge in [-0.1, -0.05) is 48.6 Å². The van der Waals surface area contributed by atoms with Crippen molar-refractivity contribution in [3.8, 4) is 11.5 Å². The molecule has 69 heavy (non-hydrogen) atoms. The zero-order valence-corrected chi connectivity index (χ0v) is 39.3. The molecule has 0 atom stereocenters. The Kier molecular flexibility index (Phi) is 21.6. The molecule has 4 aromatic rings. The normalized spacial score (nSPS) is 17.8. The fourth-order valence-corrected chi connectivity index (χ4v) is 7.63. The van der Waals surface area contributed by atoms with E-state index in [1.165, 1.54) is 12.2 Å². The van der Waals surface area contributed by atoms with Crippen molar-refractivity contribution in [2.45, 2.75) is 96.1 Å². The zero-order chi connectivity index (χ0) is 49.4. The van der Waals surface area contributed by atoms with E-state index < -0.39 is 11.9 Å². The number of esters is 4. The van der Waals surface area contributed by atoms with E-state index in [1.54, 1.807) is 97.1 Å². The SMILES string of the molecule is C=CCCCOC1CCC(C(=O)Oc2ccc(/C=C/C(=O)OCc3ccc(N)cc3N)cc2)CC1.C=CCCOC1CCC(C(=O)Oc2ccc(/C=C/C(=O)OCc3ccc(N)cc3N)cc2)CC1. The van der Waals surface area contributed by atoms with Crippen LogP contribution in [0.25, 0.3) is 12.2 Å². The number of nitrogens with two attached hydrogens (primary N) is 4. The van der Waals surface area contributed by atoms with Gasteiger partial charge in [-0.2, -0.15) is 0 Å². The summed E-state index contributed by atoms with van der Waals surface area (Å²) < 4.78 is 33.2. The molecule has 14 nitrogen and oxygen atoms in total. The molecule has 2 aliphatic carbocycles. The van der Waals surface area contributed by atoms with Crippen LogP contribution in [0.5, 0.6) is 11.5 Å². The van der Waals surface area contributed by atoms with Gasteiger partial charge < -0.3 is 51.4 Å². The molecule has 0 bridgehead atoms. The van der Waals surface area contributed by atoms with Crippen molar-refractivity contribution >= 4 is 58.8 Å². The number of ether oxygens (including phenoxy) is 6. The number of carbonyl (C=O) groups is 4. The summed E-state index contributed by atoms with van der Waals surface area (Å²) in [4.78, 5) is 49.0. The first-order chi connectivity index (χ1) is 33.4. The molecular weight excluding hydrogens is 877 g/mol. The molecule has 0 heterocycles. The summed E-state index contributed by atoms with van der Waals surface area (Å²) in [5.74, 6) is -0.643. The van der Waals surface area contributed by atoms with E-state index in [0.717, 1.165) is 88.4 Å². The van der Waals surface area contributed by atoms with Crippen LogP contribution in [0.3, 0.4) is 0 Å². The summed E-state index contributed by atoms with van der Waals surface area (Å²) in [5, 5.41) is 0. The van der Waals surface area contributed by atoms with E-state index in [0.29, 0.717) is 52.0 Å². The number of benzene rings is 4. The van der Waals surface area contributed by atoms with E-state index in [4.69, 9.17) is 51.4 Å². The molecule has 366 valence electrons. The molecule has 4 aromatic carbocycles. The van der Waals surface area contributed by atoms with Gasteiger partial charge in [0.05, 0.1) is 30.7 Å². The first-order valence-corrected chi connectivity index (χ1v) is 23.4. The van der Waals surface area contributed by atoms with E-state index in [1.807, 2.05) is 12.2 Å². The van der Waals surface area contributed by atoms with Gasteiger partial charge in [0.1, 0.15) is 24.7 Å². The summed E-state index contributed by atoms with van der Waals surface area (Å²) in [6, 6.07) is 24.1. The Bertz CT molecular complexity index is 2360. The minimum Gasteiger partial charge on any atom is -0.458 e. The van der Waals surface area contributed by atoms with Gasteiger partial charge in [-0.3, -0.25) is 9.59 Å². The average molecular weight is 943 g/mol. The highest BCUT2D eigenvalue weighted by atomic mass is 16.5. The summed E-state index contributed by atoms with van der Waals surface area (Å²) in [6.07, 6.45) is 19.5. The Labute approximate surface area is 405 Å². The van der Waals surface area contributed by atoms with E-state index >= 15 is 0 Å². The van der Waals surface area contributed by atoms with Crippen molar-refractivity contribution in [2.24, 2.45) is 11.8 Å². The van der Waals surface area contributed by atoms with Crippen molar-refractivity contribution in [3.05, 3.63) is 145 Å². The molecule has 0 saturated heterocycles. The van der Waals surface area contributed by atoms with Crippen LogP contribution in [0.2, 0.25) is 0 Å². The van der Waals surface area contributed by atoms with Crippen LogP contribution in [0, 0.1) is 11.8 Å². The Hall–Kier alpha value is -7.16. The summed E-state index contributed by atoms with van der Waals surface area (Å²) >= 11 is 0. The summed E-state index contributed by atoms with van der Waals surface area (Å²) in [5.41, 5.74) is 28.1. The third-order valence-electron chi connectivity index (χ3n) is 11.7. The topological polar surface area (TPSA) is 228 Å². The molecule has 2 aliphatic rings. The number of rotatable bonds is 21. The smallest absolute Gasteiger partial charge is 0.331 e. The molecule has 2 saturated carbocycles. The van der Waals surface area contributed by atoms with Gasteiger partial charge in [-0.15, -0.1) is 13.2 Å². The van der Waals surface area contributed by atoms with E-state index in [9.17, 15) is 19.2 Å². The average Bonchev–Trinajstić information content (AvgIpc) is 3.35. The second-order valence-corrected chi connectivity index (χ2v) is 17.0. The molecular formula is C55H66N4O10. The first kappa shape index (κ1) is 52.8. The molecule has 8 N–H and O–H groups in total. The number of nitrogen functional groups attached to an aromatic ring is 4. The van der Waals surface area contributed by atoms with Gasteiger partial charge >= 0.3 is 23.9 Å². The van der Waals surface area contributed by atoms with Gasteiger partial charge in [0, 0.05) is 52.6 Å². The van der Waals surface area contributed by atoms with Crippen molar-refractivity contribution < 1.29 is 47.6 Å². The lowest BCUT2D eigenvalue weighted by Crippen LogP contribution is -2.29. The van der Waals surface area contributed by atoms with Crippen molar-refractivity contribution in [1.82, 2.24) is 0 Å². The number of hydrogen-bond donors (Lipinski definition) is 4. The predicted octanol–water partition coefficient (Wildman–Crippen LogP) is 9.72. The van der Waals surface area contributed by atoms with Crippen LogP contribution < -0.4 is 32.4 Å². The van der Waals surface area contributed by atoms with Crippen LogP contribution in [0.1, 0.15) is 92.9 Å². The Morgan fingerprint density at radius 1 is 0.522 bits per heavy atom. The lowest BCUT2D eigenvalue weighted by molar-refractivity contribution is -0.142. The van der Waals surface area contributed by atoms with E-state index in [-0.39, 0.29) is 49.2 Å². The van der Waals surface area contributed by atoms with Gasteiger partial charge in [0.2, 0.25) is 0 Å². The fourth-order valence-electron chi connectivity index (χ4n) is 7.63. The summed E-state index contributed by atoms with van der Waals surface area (Å²) in [7, 11) is 0. The van der Waals surface area contributed by atoms with Crippen LogP contribution in [-0.4, -0.2) is 49.3 Å². The van der Waals surface area contributed by atoms with Crippen molar-refractivity contribution in [1.29, 1.82) is 0 Å². The molecule has 2 fully saturated rings. The largest absolute Gasteiger partial charge is 0.458 e. The molecule has 0 amide bonds. The molecule has 0 aromatic heterocycles. The van der Waals surface area contributed by atoms with Crippen LogP contribution in [0.4, 0.5) is 22.7 Å². The number of hydrogen-bond acceptors (Lipinski definition) is 14. The number of anilines is 4. The zero-order valence-electron chi connectivity index (χ0n) is 39.3. The number of carbonyl (C=O) groups excluding carboxylic acids is 4. The predicted molar refractivity (Wildman–Crippen MR) is 270 cm³/mol. The third kappa shape index (κ3) is 18.8. The highest BCUT2D eigenvalue weighted by molar-refractivity contribution is 5.88. The van der Waals surface area contributed by atoms with Gasteiger partial charge in [-0.25, -0.2) is 9.59 Å². The minimum absolute atomic E-state index is 0.0625. The van der Waals surface area contributed by atoms with Gasteiger partial charge in [-0.05, 0) is 142 Å². The molecule has 0 spiro atoms. The molecule has 0 aliphatic heterocycles. The highest BCUT2D eigenvalue weighted by Crippen LogP contribution is 2.30. The molecule has 0 unspecified atom stereocenters. The second-order valence-electron chi connectivity index (χ2n) is 17.0. The fraction of sp³-hybridized carbons (Fsp3) is 0.345. The Balaban J connectivity index is 0.000000258. The lowest BCUT2D eigenvalue weighted by atomic mass is 9.87. The maximum Gasteiger partial charge on any atom is 0.331 e. The minimum atomic E-state index is -0.490. The standard InChI is InChI=1S/C28H34N2O5.C27H32N2O5/c1-2-3-4-17-33-24-14-9-21(10-15-24)28(32)35-25-12-5-20(6-13-25)7-16-27(31)34-19-22-8-11-23(29)18-26(22)30;1-2-3-16-32-23-13-8-20(9-14-23)27(31)34-24-11-4-19(5-12-24)6-15-26(30)33-18-21-7-10-22(28)17-25(21)29/h2,5-8,11-13,16,18,21,24H,1,3-4,9-10,14-15,17,19,29-30H2;2,4-7,10-12,15,17,20,23H,1,3,8-9,13-14,16,18,28-29H2/b16-7+;15-6+. The quantitative estimate of drug-likeness (QED) is 0.0152. The number of unbranched alkanes of at least 4 members (excludes halogenated alkanes) is 1. The van der Waals surface area contributed by atoms with Gasteiger partial charge in [0.15, 0.2) is 0 Å². The molecule has 0 radical (unpaired) electrons. The maximum atomic E-state index is 12.5. The van der Waals surface area contributed by atoms with Crippen molar-refractivity contribution in [2.75, 3.05) is 36.1 Å². The monoisotopic (exact) mass is 942 g/mol. The van der Waals surface area contributed by atoms with Gasteiger partial charge in [0.25, 0.3) is 0 Å².